The van der Waals surface area contributed by atoms with Crippen molar-refractivity contribution in [2.45, 2.75) is 6.92 Å². The Hall–Kier alpha value is -2.39. The lowest BCUT2D eigenvalue weighted by Gasteiger charge is -2.08. The van der Waals surface area contributed by atoms with E-state index in [1.807, 2.05) is 31.2 Å². The number of nitrogens with zero attached hydrogens (tertiary/aromatic N) is 1. The Morgan fingerprint density at radius 3 is 2.82 bits per heavy atom. The zero-order valence-corrected chi connectivity index (χ0v) is 12.6. The normalized spacial score (nSPS) is 11.4. The van der Waals surface area contributed by atoms with Crippen LogP contribution in [-0.2, 0) is 0 Å². The molecular formula is C18H12ClFN2. The summed E-state index contributed by atoms with van der Waals surface area (Å²) in [5, 5.41) is 2.44. The van der Waals surface area contributed by atoms with Crippen molar-refractivity contribution in [3.63, 3.8) is 0 Å². The van der Waals surface area contributed by atoms with Crippen LogP contribution < -0.4 is 0 Å². The molecule has 0 atom stereocenters. The number of halogens is 2. The van der Waals surface area contributed by atoms with Gasteiger partial charge < -0.3 is 4.98 Å². The number of nitrogens with one attached hydrogen (secondary N) is 1. The van der Waals surface area contributed by atoms with E-state index in [4.69, 9.17) is 11.6 Å². The molecule has 2 nitrogen and oxygen atoms in total. The first-order valence-corrected chi connectivity index (χ1v) is 7.34. The SMILES string of the molecule is Cc1[nH]c2ccc(F)cc2c1-c1ccnc2c(Cl)cccc12. The molecule has 2 aromatic heterocycles. The number of benzene rings is 2. The van der Waals surface area contributed by atoms with Gasteiger partial charge in [-0.15, -0.1) is 0 Å². The number of rotatable bonds is 1. The van der Waals surface area contributed by atoms with Crippen molar-refractivity contribution >= 4 is 33.4 Å². The zero-order valence-electron chi connectivity index (χ0n) is 11.8. The van der Waals surface area contributed by atoms with Gasteiger partial charge in [0.15, 0.2) is 0 Å². The molecule has 4 aromatic rings. The number of fused-ring (bicyclic) bond motifs is 2. The van der Waals surface area contributed by atoms with Crippen LogP contribution in [0, 0.1) is 12.7 Å². The Labute approximate surface area is 131 Å². The molecule has 0 unspecified atom stereocenters. The minimum atomic E-state index is -0.246. The van der Waals surface area contributed by atoms with Crippen LogP contribution in [0.5, 0.6) is 0 Å². The van der Waals surface area contributed by atoms with Crippen LogP contribution in [-0.4, -0.2) is 9.97 Å². The maximum Gasteiger partial charge on any atom is 0.123 e. The second-order valence-electron chi connectivity index (χ2n) is 5.31. The molecule has 0 bridgehead atoms. The smallest absolute Gasteiger partial charge is 0.123 e. The van der Waals surface area contributed by atoms with Gasteiger partial charge in [0, 0.05) is 33.7 Å². The second-order valence-corrected chi connectivity index (χ2v) is 5.72. The maximum absolute atomic E-state index is 13.7. The fourth-order valence-corrected chi connectivity index (χ4v) is 3.23. The van der Waals surface area contributed by atoms with Gasteiger partial charge in [-0.25, -0.2) is 4.39 Å². The van der Waals surface area contributed by atoms with Crippen molar-refractivity contribution in [3.05, 3.63) is 65.2 Å². The van der Waals surface area contributed by atoms with Gasteiger partial charge in [0.2, 0.25) is 0 Å². The number of H-pyrrole nitrogens is 1. The fourth-order valence-electron chi connectivity index (χ4n) is 3.00. The van der Waals surface area contributed by atoms with Crippen LogP contribution in [0.3, 0.4) is 0 Å². The van der Waals surface area contributed by atoms with E-state index in [9.17, 15) is 4.39 Å². The highest BCUT2D eigenvalue weighted by Gasteiger charge is 2.14. The fraction of sp³-hybridized carbons (Fsp3) is 0.0556. The third-order valence-electron chi connectivity index (χ3n) is 3.94. The van der Waals surface area contributed by atoms with Gasteiger partial charge in [-0.1, -0.05) is 23.7 Å². The summed E-state index contributed by atoms with van der Waals surface area (Å²) in [6, 6.07) is 12.4. The highest BCUT2D eigenvalue weighted by molar-refractivity contribution is 6.35. The molecule has 4 heteroatoms. The summed E-state index contributed by atoms with van der Waals surface area (Å²) in [7, 11) is 0. The molecule has 2 aromatic carbocycles. The van der Waals surface area contributed by atoms with E-state index in [1.165, 1.54) is 6.07 Å². The first-order chi connectivity index (χ1) is 10.6. The molecule has 4 rings (SSSR count). The minimum absolute atomic E-state index is 0.246. The van der Waals surface area contributed by atoms with Crippen molar-refractivity contribution in [1.82, 2.24) is 9.97 Å². The summed E-state index contributed by atoms with van der Waals surface area (Å²) >= 11 is 6.24. The van der Waals surface area contributed by atoms with E-state index >= 15 is 0 Å². The number of hydrogen-bond acceptors (Lipinski definition) is 1. The number of aromatic amines is 1. The molecular weight excluding hydrogens is 299 g/mol. The number of para-hydroxylation sites is 1. The van der Waals surface area contributed by atoms with Gasteiger partial charge in [0.1, 0.15) is 5.82 Å². The average molecular weight is 311 g/mol. The molecule has 0 aliphatic rings. The Morgan fingerprint density at radius 1 is 1.09 bits per heavy atom. The molecule has 1 N–H and O–H groups in total. The van der Waals surface area contributed by atoms with Crippen LogP contribution in [0.2, 0.25) is 5.02 Å². The highest BCUT2D eigenvalue weighted by Crippen LogP contribution is 2.37. The van der Waals surface area contributed by atoms with Gasteiger partial charge in [0.05, 0.1) is 10.5 Å². The van der Waals surface area contributed by atoms with Gasteiger partial charge in [-0.3, -0.25) is 4.98 Å². The largest absolute Gasteiger partial charge is 0.358 e. The van der Waals surface area contributed by atoms with E-state index in [-0.39, 0.29) is 5.82 Å². The van der Waals surface area contributed by atoms with Crippen molar-refractivity contribution in [3.8, 4) is 11.1 Å². The molecule has 0 saturated carbocycles. The Kier molecular flexibility index (Phi) is 2.91. The van der Waals surface area contributed by atoms with Crippen LogP contribution in [0.25, 0.3) is 32.9 Å². The van der Waals surface area contributed by atoms with Gasteiger partial charge >= 0.3 is 0 Å². The van der Waals surface area contributed by atoms with E-state index in [0.29, 0.717) is 5.02 Å². The molecule has 0 fully saturated rings. The van der Waals surface area contributed by atoms with Crippen molar-refractivity contribution in [2.75, 3.05) is 0 Å². The highest BCUT2D eigenvalue weighted by atomic mass is 35.5. The number of aryl methyl sites for hydroxylation is 1. The molecule has 2 heterocycles. The maximum atomic E-state index is 13.7. The van der Waals surface area contributed by atoms with E-state index in [0.717, 1.165) is 38.6 Å². The molecule has 0 amide bonds. The summed E-state index contributed by atoms with van der Waals surface area (Å²) < 4.78 is 13.7. The van der Waals surface area contributed by atoms with E-state index in [1.54, 1.807) is 18.3 Å². The van der Waals surface area contributed by atoms with Crippen molar-refractivity contribution < 1.29 is 4.39 Å². The van der Waals surface area contributed by atoms with E-state index < -0.39 is 0 Å². The van der Waals surface area contributed by atoms with Crippen molar-refractivity contribution in [2.24, 2.45) is 0 Å². The molecule has 0 aliphatic heterocycles. The predicted molar refractivity (Wildman–Crippen MR) is 88.7 cm³/mol. The monoisotopic (exact) mass is 310 g/mol. The predicted octanol–water partition coefficient (Wildman–Crippen LogP) is 5.48. The summed E-state index contributed by atoms with van der Waals surface area (Å²) in [6.07, 6.45) is 1.74. The lowest BCUT2D eigenvalue weighted by molar-refractivity contribution is 0.630. The quantitative estimate of drug-likeness (QED) is 0.495. The number of aromatic nitrogens is 2. The zero-order chi connectivity index (χ0) is 15.3. The third-order valence-corrected chi connectivity index (χ3v) is 4.24. The lowest BCUT2D eigenvalue weighted by Crippen LogP contribution is -1.86. The average Bonchev–Trinajstić information content (AvgIpc) is 2.82. The van der Waals surface area contributed by atoms with Gasteiger partial charge in [-0.2, -0.15) is 0 Å². The Morgan fingerprint density at radius 2 is 1.95 bits per heavy atom. The number of hydrogen-bond donors (Lipinski definition) is 1. The summed E-state index contributed by atoms with van der Waals surface area (Å²) in [5.41, 5.74) is 4.66. The molecule has 22 heavy (non-hydrogen) atoms. The Bertz CT molecular complexity index is 1020. The lowest BCUT2D eigenvalue weighted by atomic mass is 9.98. The second kappa shape index (κ2) is 4.82. The van der Waals surface area contributed by atoms with Crippen LogP contribution in [0.15, 0.2) is 48.7 Å². The molecule has 0 aliphatic carbocycles. The third kappa shape index (κ3) is 1.90. The van der Waals surface area contributed by atoms with Crippen LogP contribution in [0.4, 0.5) is 4.39 Å². The van der Waals surface area contributed by atoms with Gasteiger partial charge in [0.25, 0.3) is 0 Å². The van der Waals surface area contributed by atoms with Gasteiger partial charge in [-0.05, 0) is 42.8 Å². The molecule has 0 radical (unpaired) electrons. The summed E-state index contributed by atoms with van der Waals surface area (Å²) in [6.45, 7) is 1.99. The van der Waals surface area contributed by atoms with Crippen LogP contribution >= 0.6 is 11.6 Å². The first kappa shape index (κ1) is 13.3. The topological polar surface area (TPSA) is 28.7 Å². The molecule has 0 spiro atoms. The number of pyridine rings is 1. The summed E-state index contributed by atoms with van der Waals surface area (Å²) in [5.74, 6) is -0.246. The van der Waals surface area contributed by atoms with E-state index in [2.05, 4.69) is 9.97 Å². The first-order valence-electron chi connectivity index (χ1n) is 6.96. The molecule has 0 saturated heterocycles. The molecule has 108 valence electrons. The van der Waals surface area contributed by atoms with Crippen molar-refractivity contribution in [1.29, 1.82) is 0 Å². The van der Waals surface area contributed by atoms with Crippen LogP contribution in [0.1, 0.15) is 5.69 Å². The standard InChI is InChI=1S/C18H12ClFN2/c1-10-17(14-9-11(20)5-6-16(14)22-10)12-7-8-21-18-13(12)3-2-4-15(18)19/h2-9,22H,1H3. The summed E-state index contributed by atoms with van der Waals surface area (Å²) in [4.78, 5) is 7.67. The minimum Gasteiger partial charge on any atom is -0.358 e. The Balaban J connectivity index is 2.14.